The minimum atomic E-state index is -0.308. The monoisotopic (exact) mass is 552 g/mol. The summed E-state index contributed by atoms with van der Waals surface area (Å²) in [5.41, 5.74) is 6.52. The zero-order valence-electron chi connectivity index (χ0n) is 23.8. The molecule has 0 unspecified atom stereocenters. The second-order valence-corrected chi connectivity index (χ2v) is 10.9. The number of hydrogen-bond donors (Lipinski definition) is 0. The van der Waals surface area contributed by atoms with Crippen molar-refractivity contribution in [1.29, 1.82) is 0 Å². The fourth-order valence-corrected chi connectivity index (χ4v) is 6.05. The summed E-state index contributed by atoms with van der Waals surface area (Å²) >= 11 is 0. The highest BCUT2D eigenvalue weighted by Gasteiger charge is 2.34. The van der Waals surface area contributed by atoms with Gasteiger partial charge in [-0.25, -0.2) is 9.48 Å². The van der Waals surface area contributed by atoms with Crippen LogP contribution in [-0.4, -0.2) is 52.9 Å². The van der Waals surface area contributed by atoms with Crippen molar-refractivity contribution in [3.05, 3.63) is 95.3 Å². The van der Waals surface area contributed by atoms with E-state index >= 15 is 0 Å². The van der Waals surface area contributed by atoms with Gasteiger partial charge in [0, 0.05) is 23.6 Å². The molecule has 212 valence electrons. The summed E-state index contributed by atoms with van der Waals surface area (Å²) in [7, 11) is 3.27. The van der Waals surface area contributed by atoms with E-state index in [2.05, 4.69) is 65.8 Å². The molecule has 41 heavy (non-hydrogen) atoms. The molecule has 1 amide bonds. The van der Waals surface area contributed by atoms with Crippen molar-refractivity contribution in [1.82, 2.24) is 19.9 Å². The van der Waals surface area contributed by atoms with E-state index in [9.17, 15) is 4.79 Å². The number of amides is 1. The van der Waals surface area contributed by atoms with Gasteiger partial charge in [0.2, 0.25) is 0 Å². The standard InChI is InChI=1S/C33H36N4O4/c1-22(23-9-8-10-23)37(20-25-19-36(35-34-25)18-24-15-16-26(39-2)17-32(24)40-3)33(38)41-21-31-29-13-6-4-11-27(29)28-12-5-7-14-30(28)31/h4-7,11-17,19,22-23,31H,8-10,18,20-21H2,1-3H3/t22-/m1/s1. The highest BCUT2D eigenvalue weighted by molar-refractivity contribution is 5.79. The van der Waals surface area contributed by atoms with Crippen LogP contribution in [0.25, 0.3) is 11.1 Å². The first-order chi connectivity index (χ1) is 20.1. The first kappa shape index (κ1) is 26.9. The van der Waals surface area contributed by atoms with Crippen molar-refractivity contribution in [2.45, 2.75) is 51.2 Å². The fraction of sp³-hybridized carbons (Fsp3) is 0.364. The maximum absolute atomic E-state index is 13.7. The van der Waals surface area contributed by atoms with E-state index in [0.29, 0.717) is 25.6 Å². The summed E-state index contributed by atoms with van der Waals surface area (Å²) in [5.74, 6) is 1.94. The quantitative estimate of drug-likeness (QED) is 0.230. The number of ether oxygens (including phenoxy) is 3. The third kappa shape index (κ3) is 5.38. The molecule has 1 fully saturated rings. The average molecular weight is 553 g/mol. The number of methoxy groups -OCH3 is 2. The number of fused-ring (bicyclic) bond motifs is 3. The summed E-state index contributed by atoms with van der Waals surface area (Å²) in [4.78, 5) is 15.5. The Hall–Kier alpha value is -4.33. The van der Waals surface area contributed by atoms with Crippen molar-refractivity contribution >= 4 is 6.09 Å². The molecule has 0 bridgehead atoms. The largest absolute Gasteiger partial charge is 0.497 e. The molecule has 1 heterocycles. The van der Waals surface area contributed by atoms with E-state index < -0.39 is 0 Å². The first-order valence-corrected chi connectivity index (χ1v) is 14.3. The summed E-state index contributed by atoms with van der Waals surface area (Å²) in [6.07, 6.45) is 5.03. The molecular formula is C33H36N4O4. The highest BCUT2D eigenvalue weighted by Crippen LogP contribution is 2.44. The van der Waals surface area contributed by atoms with Gasteiger partial charge in [-0.05, 0) is 60.1 Å². The Morgan fingerprint density at radius 1 is 1.00 bits per heavy atom. The van der Waals surface area contributed by atoms with Crippen LogP contribution in [0.3, 0.4) is 0 Å². The third-order valence-electron chi connectivity index (χ3n) is 8.64. The number of carbonyl (C=O) groups excluding carboxylic acids is 1. The molecule has 8 nitrogen and oxygen atoms in total. The normalized spacial score (nSPS) is 15.0. The van der Waals surface area contributed by atoms with Crippen LogP contribution in [0.15, 0.2) is 72.9 Å². The Labute approximate surface area is 240 Å². The molecule has 8 heteroatoms. The average Bonchev–Trinajstić information content (AvgIpc) is 3.55. The summed E-state index contributed by atoms with van der Waals surface area (Å²) in [6.45, 7) is 3.25. The van der Waals surface area contributed by atoms with Crippen LogP contribution < -0.4 is 9.47 Å². The van der Waals surface area contributed by atoms with E-state index in [-0.39, 0.29) is 18.1 Å². The molecule has 0 N–H and O–H groups in total. The molecule has 2 aliphatic carbocycles. The minimum absolute atomic E-state index is 0.0209. The lowest BCUT2D eigenvalue weighted by molar-refractivity contribution is 0.0563. The van der Waals surface area contributed by atoms with Gasteiger partial charge in [-0.1, -0.05) is 60.2 Å². The Morgan fingerprint density at radius 3 is 2.34 bits per heavy atom. The van der Waals surface area contributed by atoms with Crippen LogP contribution in [0.5, 0.6) is 11.5 Å². The van der Waals surface area contributed by atoms with Gasteiger partial charge in [0.05, 0.1) is 33.5 Å². The van der Waals surface area contributed by atoms with E-state index in [1.807, 2.05) is 29.3 Å². The van der Waals surface area contributed by atoms with Gasteiger partial charge in [0.15, 0.2) is 0 Å². The van der Waals surface area contributed by atoms with Gasteiger partial charge < -0.3 is 14.2 Å². The van der Waals surface area contributed by atoms with Crippen LogP contribution in [-0.2, 0) is 17.8 Å². The molecule has 2 aliphatic rings. The molecule has 6 rings (SSSR count). The number of aromatic nitrogens is 3. The lowest BCUT2D eigenvalue weighted by atomic mass is 9.80. The summed E-state index contributed by atoms with van der Waals surface area (Å²) in [5, 5.41) is 8.74. The maximum atomic E-state index is 13.7. The minimum Gasteiger partial charge on any atom is -0.497 e. The van der Waals surface area contributed by atoms with Gasteiger partial charge in [0.1, 0.15) is 23.8 Å². The molecular weight excluding hydrogens is 516 g/mol. The lowest BCUT2D eigenvalue weighted by Gasteiger charge is -2.38. The highest BCUT2D eigenvalue weighted by atomic mass is 16.6. The van der Waals surface area contributed by atoms with E-state index in [1.165, 1.54) is 28.7 Å². The topological polar surface area (TPSA) is 78.7 Å². The summed E-state index contributed by atoms with van der Waals surface area (Å²) < 4.78 is 18.7. The first-order valence-electron chi connectivity index (χ1n) is 14.3. The Kier molecular flexibility index (Phi) is 7.63. The molecule has 0 aliphatic heterocycles. The van der Waals surface area contributed by atoms with Gasteiger partial charge in [-0.3, -0.25) is 4.90 Å². The molecule has 0 spiro atoms. The van der Waals surface area contributed by atoms with E-state index in [1.54, 1.807) is 18.9 Å². The van der Waals surface area contributed by atoms with Crippen molar-refractivity contribution in [3.63, 3.8) is 0 Å². The number of carbonyl (C=O) groups is 1. The molecule has 1 atom stereocenters. The third-order valence-corrected chi connectivity index (χ3v) is 8.64. The molecule has 4 aromatic rings. The Bertz CT molecular complexity index is 1480. The van der Waals surface area contributed by atoms with Crippen LogP contribution in [0.4, 0.5) is 4.79 Å². The van der Waals surface area contributed by atoms with Gasteiger partial charge in [-0.15, -0.1) is 5.10 Å². The van der Waals surface area contributed by atoms with Crippen molar-refractivity contribution in [2.75, 3.05) is 20.8 Å². The van der Waals surface area contributed by atoms with Gasteiger partial charge >= 0.3 is 6.09 Å². The van der Waals surface area contributed by atoms with Crippen molar-refractivity contribution in [2.24, 2.45) is 5.92 Å². The van der Waals surface area contributed by atoms with Crippen LogP contribution in [0.2, 0.25) is 0 Å². The SMILES string of the molecule is COc1ccc(Cn2cc(CN(C(=O)OCC3c4ccccc4-c4ccccc43)[C@H](C)C3CCC3)nn2)c(OC)c1. The molecule has 1 aromatic heterocycles. The van der Waals surface area contributed by atoms with Crippen LogP contribution >= 0.6 is 0 Å². The van der Waals surface area contributed by atoms with Crippen molar-refractivity contribution < 1.29 is 19.0 Å². The summed E-state index contributed by atoms with van der Waals surface area (Å²) in [6, 6.07) is 22.5. The predicted octanol–water partition coefficient (Wildman–Crippen LogP) is 6.28. The zero-order valence-corrected chi connectivity index (χ0v) is 23.8. The second-order valence-electron chi connectivity index (χ2n) is 10.9. The number of rotatable bonds is 10. The van der Waals surface area contributed by atoms with Crippen LogP contribution in [0, 0.1) is 5.92 Å². The van der Waals surface area contributed by atoms with E-state index in [0.717, 1.165) is 35.6 Å². The Balaban J connectivity index is 1.17. The Morgan fingerprint density at radius 2 is 1.71 bits per heavy atom. The molecule has 0 saturated heterocycles. The smallest absolute Gasteiger partial charge is 0.410 e. The number of nitrogens with zero attached hydrogens (tertiary/aromatic N) is 4. The van der Waals surface area contributed by atoms with Crippen LogP contribution in [0.1, 0.15) is 54.5 Å². The zero-order chi connectivity index (χ0) is 28.3. The van der Waals surface area contributed by atoms with Gasteiger partial charge in [-0.2, -0.15) is 0 Å². The molecule has 1 saturated carbocycles. The lowest BCUT2D eigenvalue weighted by Crippen LogP contribution is -2.45. The number of hydrogen-bond acceptors (Lipinski definition) is 6. The van der Waals surface area contributed by atoms with Gasteiger partial charge in [0.25, 0.3) is 0 Å². The second kappa shape index (κ2) is 11.6. The predicted molar refractivity (Wildman–Crippen MR) is 156 cm³/mol. The van der Waals surface area contributed by atoms with E-state index in [4.69, 9.17) is 14.2 Å². The van der Waals surface area contributed by atoms with Crippen molar-refractivity contribution in [3.8, 4) is 22.6 Å². The maximum Gasteiger partial charge on any atom is 0.410 e. The molecule has 0 radical (unpaired) electrons. The molecule has 3 aromatic carbocycles. The fourth-order valence-electron chi connectivity index (χ4n) is 6.05. The number of benzene rings is 3.